The summed E-state index contributed by atoms with van der Waals surface area (Å²) < 4.78 is 10.9. The second-order valence-electron chi connectivity index (χ2n) is 9.65. The fourth-order valence-corrected chi connectivity index (χ4v) is 5.56. The van der Waals surface area contributed by atoms with Crippen LogP contribution in [0.4, 0.5) is 0 Å². The summed E-state index contributed by atoms with van der Waals surface area (Å²) in [7, 11) is 1.28. The van der Waals surface area contributed by atoms with Gasteiger partial charge in [0.05, 0.1) is 12.7 Å². The largest absolute Gasteiger partial charge is 0.508 e. The molecule has 0 amide bonds. The summed E-state index contributed by atoms with van der Waals surface area (Å²) in [4.78, 5) is 39.8. The first-order valence-electron chi connectivity index (χ1n) is 12.1. The molecule has 2 aliphatic carbocycles. The van der Waals surface area contributed by atoms with Gasteiger partial charge in [-0.25, -0.2) is 4.79 Å². The van der Waals surface area contributed by atoms with E-state index in [1.54, 1.807) is 24.3 Å². The van der Waals surface area contributed by atoms with Crippen LogP contribution in [-0.2, 0) is 23.9 Å². The zero-order valence-corrected chi connectivity index (χ0v) is 20.1. The number of dihydropyridines is 1. The number of Topliss-reactive ketones (excluding diaryl/α,β-unsaturated/α-hetero) is 1. The molecule has 4 rings (SSSR count). The second-order valence-corrected chi connectivity index (χ2v) is 9.65. The van der Waals surface area contributed by atoms with E-state index in [0.717, 1.165) is 38.5 Å². The fraction of sp³-hybridized carbons (Fsp3) is 0.519. The molecule has 3 aliphatic rings. The van der Waals surface area contributed by atoms with Gasteiger partial charge in [0.15, 0.2) is 5.78 Å². The molecular formula is C27H33NO6. The Hall–Kier alpha value is -3.09. The van der Waals surface area contributed by atoms with Gasteiger partial charge in [-0.2, -0.15) is 0 Å². The van der Waals surface area contributed by atoms with Gasteiger partial charge >= 0.3 is 11.9 Å². The Morgan fingerprint density at radius 3 is 2.47 bits per heavy atom. The minimum absolute atomic E-state index is 0.0356. The molecule has 0 bridgehead atoms. The third kappa shape index (κ3) is 4.61. The Balaban J connectivity index is 1.77. The molecule has 1 fully saturated rings. The third-order valence-electron chi connectivity index (χ3n) is 7.24. The topological polar surface area (TPSA) is 102 Å². The molecule has 0 unspecified atom stereocenters. The molecule has 7 nitrogen and oxygen atoms in total. The number of hydrogen-bond acceptors (Lipinski definition) is 7. The van der Waals surface area contributed by atoms with Crippen LogP contribution in [-0.4, -0.2) is 36.0 Å². The first-order valence-corrected chi connectivity index (χ1v) is 12.1. The maximum atomic E-state index is 13.7. The number of allylic oxidation sites excluding steroid dienone is 3. The Morgan fingerprint density at radius 1 is 1.12 bits per heavy atom. The lowest BCUT2D eigenvalue weighted by atomic mass is 9.69. The van der Waals surface area contributed by atoms with Crippen molar-refractivity contribution in [1.29, 1.82) is 0 Å². The highest BCUT2D eigenvalue weighted by Crippen LogP contribution is 2.46. The van der Waals surface area contributed by atoms with Crippen molar-refractivity contribution in [1.82, 2.24) is 5.32 Å². The van der Waals surface area contributed by atoms with Crippen LogP contribution in [0.2, 0.25) is 0 Å². The number of carbonyl (C=O) groups excluding carboxylic acids is 3. The number of nitrogens with one attached hydrogen (secondary N) is 1. The van der Waals surface area contributed by atoms with Crippen LogP contribution in [0, 0.1) is 11.8 Å². The van der Waals surface area contributed by atoms with Crippen molar-refractivity contribution in [2.24, 2.45) is 11.8 Å². The average Bonchev–Trinajstić information content (AvgIpc) is 3.06. The number of aromatic hydroxyl groups is 1. The normalized spacial score (nSPS) is 25.9. The van der Waals surface area contributed by atoms with Gasteiger partial charge in [-0.1, -0.05) is 31.9 Å². The molecule has 0 spiro atoms. The highest BCUT2D eigenvalue weighted by Gasteiger charge is 2.47. The lowest BCUT2D eigenvalue weighted by Crippen LogP contribution is -2.43. The van der Waals surface area contributed by atoms with Crippen LogP contribution in [0.25, 0.3) is 0 Å². The zero-order chi connectivity index (χ0) is 24.4. The molecule has 3 atom stereocenters. The van der Waals surface area contributed by atoms with Gasteiger partial charge in [-0.05, 0) is 62.6 Å². The van der Waals surface area contributed by atoms with E-state index < -0.39 is 23.8 Å². The van der Waals surface area contributed by atoms with Crippen LogP contribution < -0.4 is 5.32 Å². The van der Waals surface area contributed by atoms with E-state index in [9.17, 15) is 19.5 Å². The molecule has 2 N–H and O–H groups in total. The lowest BCUT2D eigenvalue weighted by Gasteiger charge is -2.38. The summed E-state index contributed by atoms with van der Waals surface area (Å²) in [6.45, 7) is 3.66. The molecule has 34 heavy (non-hydrogen) atoms. The van der Waals surface area contributed by atoms with E-state index in [1.165, 1.54) is 7.11 Å². The number of esters is 2. The molecule has 1 aromatic rings. The first kappa shape index (κ1) is 24.0. The number of rotatable bonds is 4. The van der Waals surface area contributed by atoms with E-state index in [4.69, 9.17) is 9.47 Å². The van der Waals surface area contributed by atoms with Crippen molar-refractivity contribution < 1.29 is 29.0 Å². The Kier molecular flexibility index (Phi) is 7.10. The molecule has 1 aromatic carbocycles. The molecule has 0 aromatic heterocycles. The Bertz CT molecular complexity index is 1050. The number of carbonyl (C=O) groups is 3. The van der Waals surface area contributed by atoms with Gasteiger partial charge in [-0.15, -0.1) is 0 Å². The highest BCUT2D eigenvalue weighted by atomic mass is 16.5. The second kappa shape index (κ2) is 10.0. The number of ketones is 1. The van der Waals surface area contributed by atoms with Crippen molar-refractivity contribution in [3.05, 3.63) is 52.4 Å². The molecule has 0 saturated heterocycles. The van der Waals surface area contributed by atoms with E-state index in [0.29, 0.717) is 34.5 Å². The van der Waals surface area contributed by atoms with Crippen LogP contribution >= 0.6 is 0 Å². The van der Waals surface area contributed by atoms with E-state index >= 15 is 0 Å². The van der Waals surface area contributed by atoms with Crippen LogP contribution in [0.5, 0.6) is 5.75 Å². The van der Waals surface area contributed by atoms with Crippen molar-refractivity contribution in [2.75, 3.05) is 7.11 Å². The predicted octanol–water partition coefficient (Wildman–Crippen LogP) is 4.27. The number of phenols is 1. The Morgan fingerprint density at radius 2 is 1.82 bits per heavy atom. The van der Waals surface area contributed by atoms with Crippen molar-refractivity contribution >= 4 is 17.7 Å². The summed E-state index contributed by atoms with van der Waals surface area (Å²) >= 11 is 0. The van der Waals surface area contributed by atoms with Crippen molar-refractivity contribution in [2.45, 2.75) is 70.8 Å². The molecule has 182 valence electrons. The van der Waals surface area contributed by atoms with Crippen LogP contribution in [0.15, 0.2) is 46.8 Å². The molecule has 1 aliphatic heterocycles. The van der Waals surface area contributed by atoms with Gasteiger partial charge in [0.2, 0.25) is 0 Å². The molecule has 1 heterocycles. The summed E-state index contributed by atoms with van der Waals surface area (Å²) in [6, 6.07) is 6.57. The van der Waals surface area contributed by atoms with Crippen LogP contribution in [0.1, 0.15) is 70.3 Å². The minimum Gasteiger partial charge on any atom is -0.508 e. The maximum absolute atomic E-state index is 13.7. The fourth-order valence-electron chi connectivity index (χ4n) is 5.56. The number of ether oxygens (including phenoxy) is 2. The van der Waals surface area contributed by atoms with E-state index in [-0.39, 0.29) is 23.6 Å². The number of phenolic OH excluding ortho intramolecular Hbond substituents is 1. The zero-order valence-electron chi connectivity index (χ0n) is 20.1. The third-order valence-corrected chi connectivity index (χ3v) is 7.24. The minimum atomic E-state index is -0.942. The van der Waals surface area contributed by atoms with Crippen molar-refractivity contribution in [3.8, 4) is 5.75 Å². The summed E-state index contributed by atoms with van der Waals surface area (Å²) in [5, 5.41) is 13.5. The maximum Gasteiger partial charge on any atom is 0.337 e. The highest BCUT2D eigenvalue weighted by molar-refractivity contribution is 6.12. The molecule has 1 saturated carbocycles. The molecule has 0 radical (unpaired) electrons. The standard InChI is InChI=1S/C27H33NO6/c1-15-13-20-24(25(30)21(15)26(31)33-3)23(17-9-8-10-18(29)14-17)22(16(2)28-20)27(32)34-19-11-6-4-5-7-12-19/h8-10,14-15,19,21,23,28-29H,4-7,11-13H2,1-3H3/t15-,21-,23-/m1/s1. The van der Waals surface area contributed by atoms with Gasteiger partial charge < -0.3 is 19.9 Å². The monoisotopic (exact) mass is 467 g/mol. The Labute approximate surface area is 200 Å². The van der Waals surface area contributed by atoms with Gasteiger partial charge in [-0.3, -0.25) is 9.59 Å². The van der Waals surface area contributed by atoms with E-state index in [1.807, 2.05) is 13.8 Å². The van der Waals surface area contributed by atoms with Crippen molar-refractivity contribution in [3.63, 3.8) is 0 Å². The number of benzene rings is 1. The quantitative estimate of drug-likeness (QED) is 0.387. The predicted molar refractivity (Wildman–Crippen MR) is 126 cm³/mol. The smallest absolute Gasteiger partial charge is 0.337 e. The summed E-state index contributed by atoms with van der Waals surface area (Å²) in [6.07, 6.45) is 6.31. The molecular weight excluding hydrogens is 434 g/mol. The SMILES string of the molecule is COC(=O)[C@H]1C(=O)C2=C(C[C@H]1C)NC(C)=C(C(=O)OC1CCCCCC1)[C@H]2c1cccc(O)c1. The summed E-state index contributed by atoms with van der Waals surface area (Å²) in [5.74, 6) is -3.28. The average molecular weight is 468 g/mol. The van der Waals surface area contributed by atoms with Gasteiger partial charge in [0, 0.05) is 22.9 Å². The number of hydrogen-bond donors (Lipinski definition) is 2. The molecule has 7 heteroatoms. The number of methoxy groups -OCH3 is 1. The van der Waals surface area contributed by atoms with E-state index in [2.05, 4.69) is 5.32 Å². The van der Waals surface area contributed by atoms with Gasteiger partial charge in [0.25, 0.3) is 0 Å². The first-order chi connectivity index (χ1) is 16.3. The lowest BCUT2D eigenvalue weighted by molar-refractivity contribution is -0.151. The van der Waals surface area contributed by atoms with Gasteiger partial charge in [0.1, 0.15) is 17.8 Å². The summed E-state index contributed by atoms with van der Waals surface area (Å²) in [5.41, 5.74) is 2.65. The van der Waals surface area contributed by atoms with Crippen LogP contribution in [0.3, 0.4) is 0 Å².